The Morgan fingerprint density at radius 2 is 1.88 bits per heavy atom. The molecule has 4 rings (SSSR count). The van der Waals surface area contributed by atoms with Crippen molar-refractivity contribution in [1.82, 2.24) is 9.55 Å². The Balaban J connectivity index is 1.94. The van der Waals surface area contributed by atoms with Crippen molar-refractivity contribution in [3.8, 4) is 0 Å². The smallest absolute Gasteiger partial charge is 0.338 e. The number of hydrogen-bond acceptors (Lipinski definition) is 4. The van der Waals surface area contributed by atoms with Gasteiger partial charge in [0.05, 0.1) is 29.3 Å². The van der Waals surface area contributed by atoms with Gasteiger partial charge < -0.3 is 10.1 Å². The molecule has 0 saturated carbocycles. The van der Waals surface area contributed by atoms with Crippen LogP contribution in [-0.2, 0) is 9.53 Å². The number of fused-ring (bicyclic) bond motifs is 3. The number of para-hydroxylation sites is 2. The number of anilines is 1. The van der Waals surface area contributed by atoms with Crippen LogP contribution in [0.15, 0.2) is 60.2 Å². The van der Waals surface area contributed by atoms with E-state index in [9.17, 15) is 4.79 Å². The topological polar surface area (TPSA) is 56.2 Å². The molecule has 0 amide bonds. The van der Waals surface area contributed by atoms with Gasteiger partial charge in [-0.25, -0.2) is 9.78 Å². The van der Waals surface area contributed by atoms with Crippen LogP contribution in [0.25, 0.3) is 16.7 Å². The van der Waals surface area contributed by atoms with Crippen molar-refractivity contribution in [2.75, 3.05) is 11.9 Å². The highest BCUT2D eigenvalue weighted by Gasteiger charge is 2.33. The molecule has 0 radical (unpaired) electrons. The highest BCUT2D eigenvalue weighted by molar-refractivity contribution is 6.00. The summed E-state index contributed by atoms with van der Waals surface area (Å²) < 4.78 is 7.32. The molecule has 1 aliphatic rings. The fourth-order valence-corrected chi connectivity index (χ4v) is 3.36. The molecule has 5 heteroatoms. The van der Waals surface area contributed by atoms with Crippen LogP contribution in [0.3, 0.4) is 0 Å². The molecule has 2 aromatic carbocycles. The van der Waals surface area contributed by atoms with E-state index in [1.54, 1.807) is 0 Å². The predicted octanol–water partition coefficient (Wildman–Crippen LogP) is 4.00. The highest BCUT2D eigenvalue weighted by atomic mass is 16.5. The van der Waals surface area contributed by atoms with Crippen molar-refractivity contribution < 1.29 is 9.53 Å². The molecule has 0 saturated heterocycles. The summed E-state index contributed by atoms with van der Waals surface area (Å²) in [5.74, 6) is 0.436. The van der Waals surface area contributed by atoms with Gasteiger partial charge in [-0.05, 0) is 31.5 Å². The first-order valence-electron chi connectivity index (χ1n) is 8.38. The van der Waals surface area contributed by atoms with Gasteiger partial charge in [-0.15, -0.1) is 0 Å². The lowest BCUT2D eigenvalue weighted by atomic mass is 9.95. The molecule has 0 bridgehead atoms. The molecule has 0 unspecified atom stereocenters. The maximum Gasteiger partial charge on any atom is 0.338 e. The summed E-state index contributed by atoms with van der Waals surface area (Å²) in [5.41, 5.74) is 4.32. The molecule has 5 nitrogen and oxygen atoms in total. The first-order chi connectivity index (χ1) is 12.2. The number of nitrogens with zero attached hydrogens (tertiary/aromatic N) is 2. The number of ether oxygens (including phenoxy) is 1. The lowest BCUT2D eigenvalue weighted by Gasteiger charge is -2.29. The van der Waals surface area contributed by atoms with Gasteiger partial charge in [0.1, 0.15) is 0 Å². The molecule has 126 valence electrons. The van der Waals surface area contributed by atoms with Gasteiger partial charge in [0, 0.05) is 5.70 Å². The third-order valence-corrected chi connectivity index (χ3v) is 4.48. The van der Waals surface area contributed by atoms with Crippen LogP contribution >= 0.6 is 0 Å². The third kappa shape index (κ3) is 2.48. The Bertz CT molecular complexity index is 973. The van der Waals surface area contributed by atoms with Crippen LogP contribution in [0.2, 0.25) is 0 Å². The number of hydrogen-bond donors (Lipinski definition) is 1. The quantitative estimate of drug-likeness (QED) is 0.736. The zero-order valence-corrected chi connectivity index (χ0v) is 14.2. The minimum absolute atomic E-state index is 0.287. The zero-order chi connectivity index (χ0) is 17.4. The molecular formula is C20H19N3O2. The minimum atomic E-state index is -0.301. The molecule has 1 atom stereocenters. The molecular weight excluding hydrogens is 314 g/mol. The van der Waals surface area contributed by atoms with E-state index in [1.165, 1.54) is 0 Å². The molecule has 0 aliphatic carbocycles. The summed E-state index contributed by atoms with van der Waals surface area (Å²) >= 11 is 0. The lowest BCUT2D eigenvalue weighted by Crippen LogP contribution is -2.28. The first-order valence-corrected chi connectivity index (χ1v) is 8.38. The van der Waals surface area contributed by atoms with Crippen molar-refractivity contribution in [3.63, 3.8) is 0 Å². The molecule has 25 heavy (non-hydrogen) atoms. The van der Waals surface area contributed by atoms with E-state index in [2.05, 4.69) is 10.3 Å². The number of imidazole rings is 1. The molecule has 1 aromatic heterocycles. The van der Waals surface area contributed by atoms with E-state index in [0.29, 0.717) is 12.2 Å². The lowest BCUT2D eigenvalue weighted by molar-refractivity contribution is -0.138. The molecule has 1 aliphatic heterocycles. The van der Waals surface area contributed by atoms with Crippen LogP contribution < -0.4 is 5.32 Å². The van der Waals surface area contributed by atoms with Gasteiger partial charge in [-0.3, -0.25) is 4.57 Å². The van der Waals surface area contributed by atoms with E-state index in [-0.39, 0.29) is 12.0 Å². The van der Waals surface area contributed by atoms with Gasteiger partial charge in [0.25, 0.3) is 0 Å². The van der Waals surface area contributed by atoms with Crippen molar-refractivity contribution in [2.45, 2.75) is 19.9 Å². The summed E-state index contributed by atoms with van der Waals surface area (Å²) in [5, 5.41) is 3.42. The highest BCUT2D eigenvalue weighted by Crippen LogP contribution is 2.38. The Kier molecular flexibility index (Phi) is 3.76. The number of benzene rings is 2. The van der Waals surface area contributed by atoms with E-state index in [4.69, 9.17) is 4.74 Å². The van der Waals surface area contributed by atoms with Gasteiger partial charge >= 0.3 is 5.97 Å². The Labute approximate surface area is 145 Å². The van der Waals surface area contributed by atoms with Crippen LogP contribution in [0.4, 0.5) is 5.95 Å². The second-order valence-electron chi connectivity index (χ2n) is 5.97. The minimum Gasteiger partial charge on any atom is -0.463 e. The average molecular weight is 333 g/mol. The van der Waals surface area contributed by atoms with Gasteiger partial charge in [-0.2, -0.15) is 0 Å². The summed E-state index contributed by atoms with van der Waals surface area (Å²) in [4.78, 5) is 17.4. The zero-order valence-electron chi connectivity index (χ0n) is 14.2. The number of rotatable bonds is 3. The van der Waals surface area contributed by atoms with E-state index in [0.717, 1.165) is 28.2 Å². The number of esters is 1. The largest absolute Gasteiger partial charge is 0.463 e. The second-order valence-corrected chi connectivity index (χ2v) is 5.97. The SMILES string of the molecule is CCOC(=O)C1=C(C)n2c(nc3ccccc32)N[C@@H]1c1ccccc1. The van der Waals surface area contributed by atoms with Crippen LogP contribution in [0.5, 0.6) is 0 Å². The Morgan fingerprint density at radius 3 is 2.64 bits per heavy atom. The predicted molar refractivity (Wildman–Crippen MR) is 98.1 cm³/mol. The standard InChI is InChI=1S/C20H19N3O2/c1-3-25-19(24)17-13(2)23-16-12-8-7-11-15(16)21-20(23)22-18(17)14-9-5-4-6-10-14/h4-12,18H,3H2,1-2H3,(H,21,22)/t18-/m1/s1. The fourth-order valence-electron chi connectivity index (χ4n) is 3.36. The van der Waals surface area contributed by atoms with Gasteiger partial charge in [0.2, 0.25) is 5.95 Å². The molecule has 1 N–H and O–H groups in total. The van der Waals surface area contributed by atoms with Gasteiger partial charge in [0.15, 0.2) is 0 Å². The fraction of sp³-hybridized carbons (Fsp3) is 0.200. The Morgan fingerprint density at radius 1 is 1.16 bits per heavy atom. The number of allylic oxidation sites excluding steroid dienone is 1. The molecule has 3 aromatic rings. The molecule has 0 fully saturated rings. The number of nitrogens with one attached hydrogen (secondary N) is 1. The normalized spacial score (nSPS) is 16.5. The second kappa shape index (κ2) is 6.09. The molecule has 2 heterocycles. The summed E-state index contributed by atoms with van der Waals surface area (Å²) in [6.45, 7) is 4.11. The van der Waals surface area contributed by atoms with E-state index >= 15 is 0 Å². The summed E-state index contributed by atoms with van der Waals surface area (Å²) in [6.07, 6.45) is 0. The number of carbonyl (C=O) groups is 1. The average Bonchev–Trinajstić information content (AvgIpc) is 3.01. The number of aromatic nitrogens is 2. The van der Waals surface area contributed by atoms with Crippen LogP contribution in [-0.4, -0.2) is 22.1 Å². The monoisotopic (exact) mass is 333 g/mol. The van der Waals surface area contributed by atoms with Crippen molar-refractivity contribution in [2.24, 2.45) is 0 Å². The van der Waals surface area contributed by atoms with Crippen LogP contribution in [0, 0.1) is 0 Å². The first kappa shape index (κ1) is 15.4. The third-order valence-electron chi connectivity index (χ3n) is 4.48. The summed E-state index contributed by atoms with van der Waals surface area (Å²) in [6, 6.07) is 17.5. The van der Waals surface area contributed by atoms with E-state index in [1.807, 2.05) is 73.0 Å². The summed E-state index contributed by atoms with van der Waals surface area (Å²) in [7, 11) is 0. The van der Waals surface area contributed by atoms with Crippen molar-refractivity contribution >= 4 is 28.6 Å². The number of carbonyl (C=O) groups excluding carboxylic acids is 1. The maximum absolute atomic E-state index is 12.7. The van der Waals surface area contributed by atoms with Gasteiger partial charge in [-0.1, -0.05) is 42.5 Å². The Hall–Kier alpha value is -3.08. The maximum atomic E-state index is 12.7. The van der Waals surface area contributed by atoms with Crippen molar-refractivity contribution in [3.05, 3.63) is 65.7 Å². The molecule has 0 spiro atoms. The van der Waals surface area contributed by atoms with E-state index < -0.39 is 0 Å². The van der Waals surface area contributed by atoms with Crippen LogP contribution in [0.1, 0.15) is 25.5 Å². The van der Waals surface area contributed by atoms with Crippen molar-refractivity contribution in [1.29, 1.82) is 0 Å².